The number of fused-ring (bicyclic) bond motifs is 2. The number of rotatable bonds is 5. The number of hydrogen-bond acceptors (Lipinski definition) is 7. The number of imide groups is 1. The van der Waals surface area contributed by atoms with Crippen LogP contribution in [0, 0.1) is 0 Å². The number of methoxy groups -OCH3 is 1. The monoisotopic (exact) mass is 471 g/mol. The van der Waals surface area contributed by atoms with Crippen LogP contribution >= 0.6 is 0 Å². The van der Waals surface area contributed by atoms with Crippen LogP contribution < -0.4 is 10.1 Å². The Hall–Kier alpha value is -4.47. The fourth-order valence-corrected chi connectivity index (χ4v) is 4.90. The van der Waals surface area contributed by atoms with E-state index in [1.54, 1.807) is 40.0 Å². The van der Waals surface area contributed by atoms with Gasteiger partial charge in [-0.1, -0.05) is 6.07 Å². The van der Waals surface area contributed by atoms with E-state index in [1.807, 2.05) is 25.2 Å². The second kappa shape index (κ2) is 7.52. The lowest BCUT2D eigenvalue weighted by Crippen LogP contribution is -2.46. The van der Waals surface area contributed by atoms with Gasteiger partial charge < -0.3 is 14.1 Å². The Kier molecular flexibility index (Phi) is 4.53. The molecule has 35 heavy (non-hydrogen) atoms. The van der Waals surface area contributed by atoms with Gasteiger partial charge in [0.25, 0.3) is 5.91 Å². The van der Waals surface area contributed by atoms with E-state index in [2.05, 4.69) is 15.4 Å². The van der Waals surface area contributed by atoms with Crippen molar-refractivity contribution in [3.05, 3.63) is 65.5 Å². The van der Waals surface area contributed by atoms with Gasteiger partial charge in [-0.05, 0) is 35.9 Å². The molecule has 0 bridgehead atoms. The normalized spacial score (nSPS) is 19.5. The number of benzene rings is 1. The molecule has 5 heterocycles. The Bertz CT molecular complexity index is 1540. The van der Waals surface area contributed by atoms with Gasteiger partial charge in [-0.15, -0.1) is 0 Å². The summed E-state index contributed by atoms with van der Waals surface area (Å²) in [5.41, 5.74) is 2.56. The zero-order chi connectivity index (χ0) is 24.3. The van der Waals surface area contributed by atoms with Gasteiger partial charge >= 0.3 is 0 Å². The maximum atomic E-state index is 13.2. The van der Waals surface area contributed by atoms with Crippen molar-refractivity contribution in [1.29, 1.82) is 0 Å². The fourth-order valence-electron chi connectivity index (χ4n) is 4.90. The molecule has 1 saturated heterocycles. The Morgan fingerprint density at radius 3 is 2.71 bits per heavy atom. The van der Waals surface area contributed by atoms with Crippen molar-refractivity contribution in [1.82, 2.24) is 25.0 Å². The summed E-state index contributed by atoms with van der Waals surface area (Å²) in [6.45, 7) is 0.319. The number of pyridine rings is 1. The van der Waals surface area contributed by atoms with Gasteiger partial charge in [0, 0.05) is 38.0 Å². The van der Waals surface area contributed by atoms with Gasteiger partial charge in [-0.3, -0.25) is 24.4 Å². The number of aryl methyl sites for hydroxylation is 1. The molecule has 0 radical (unpaired) electrons. The number of nitrogens with one attached hydrogen (secondary N) is 1. The fraction of sp³-hybridized carbons (Fsp3) is 0.240. The predicted octanol–water partition coefficient (Wildman–Crippen LogP) is 2.18. The number of aromatic nitrogens is 3. The molecule has 0 spiro atoms. The molecule has 1 fully saturated rings. The third-order valence-electron chi connectivity index (χ3n) is 6.74. The van der Waals surface area contributed by atoms with Gasteiger partial charge in [-0.25, -0.2) is 4.98 Å². The first kappa shape index (κ1) is 21.1. The zero-order valence-corrected chi connectivity index (χ0v) is 19.1. The molecular weight excluding hydrogens is 450 g/mol. The molecular formula is C25H21N5O5. The smallest absolute Gasteiger partial charge is 0.254 e. The van der Waals surface area contributed by atoms with Crippen LogP contribution in [0.15, 0.2) is 53.1 Å². The van der Waals surface area contributed by atoms with Crippen molar-refractivity contribution in [3.63, 3.8) is 0 Å². The molecule has 176 valence electrons. The number of furan rings is 1. The van der Waals surface area contributed by atoms with Gasteiger partial charge in [-0.2, -0.15) is 5.10 Å². The Morgan fingerprint density at radius 1 is 1.14 bits per heavy atom. The van der Waals surface area contributed by atoms with E-state index in [0.29, 0.717) is 40.4 Å². The lowest BCUT2D eigenvalue weighted by Gasteiger charge is -2.28. The average molecular weight is 471 g/mol. The highest BCUT2D eigenvalue weighted by atomic mass is 16.5. The van der Waals surface area contributed by atoms with Crippen molar-refractivity contribution < 1.29 is 23.5 Å². The topological polar surface area (TPSA) is 120 Å². The Labute approximate surface area is 199 Å². The maximum absolute atomic E-state index is 13.2. The minimum Gasteiger partial charge on any atom is -0.497 e. The Balaban J connectivity index is 1.39. The van der Waals surface area contributed by atoms with Crippen LogP contribution in [0.5, 0.6) is 5.75 Å². The predicted molar refractivity (Wildman–Crippen MR) is 123 cm³/mol. The third kappa shape index (κ3) is 3.21. The second-order valence-electron chi connectivity index (χ2n) is 8.85. The largest absolute Gasteiger partial charge is 0.497 e. The molecule has 0 unspecified atom stereocenters. The van der Waals surface area contributed by atoms with Crippen LogP contribution in [0.25, 0.3) is 22.5 Å². The van der Waals surface area contributed by atoms with E-state index in [9.17, 15) is 14.4 Å². The van der Waals surface area contributed by atoms with Gasteiger partial charge in [0.15, 0.2) is 5.58 Å². The summed E-state index contributed by atoms with van der Waals surface area (Å²) in [5.74, 6) is -0.250. The summed E-state index contributed by atoms with van der Waals surface area (Å²) in [6.07, 6.45) is 1.57. The molecule has 6 rings (SSSR count). The standard InChI is InChI=1S/C25H21N5O5/c1-29-19(7-8-26-29)17-5-6-20-18(27-17)10-21(35-20)25(11-22(31)28-24(25)33)13-30-12-14-3-4-15(34-2)9-16(14)23(30)32/h3-10H,11-13H2,1-2H3,(H,28,31,33)/t25-/m1/s1. The number of carbonyl (C=O) groups excluding carboxylic acids is 3. The van der Waals surface area contributed by atoms with Crippen LogP contribution in [0.1, 0.15) is 28.1 Å². The van der Waals surface area contributed by atoms with E-state index in [1.165, 1.54) is 7.11 Å². The van der Waals surface area contributed by atoms with Gasteiger partial charge in [0.2, 0.25) is 11.8 Å². The zero-order valence-electron chi connectivity index (χ0n) is 19.1. The quantitative estimate of drug-likeness (QED) is 0.443. The van der Waals surface area contributed by atoms with Crippen molar-refractivity contribution in [3.8, 4) is 17.1 Å². The maximum Gasteiger partial charge on any atom is 0.254 e. The molecule has 1 atom stereocenters. The first-order chi connectivity index (χ1) is 16.9. The highest BCUT2D eigenvalue weighted by molar-refractivity contribution is 6.10. The minimum atomic E-state index is -1.35. The highest BCUT2D eigenvalue weighted by Crippen LogP contribution is 2.39. The molecule has 0 saturated carbocycles. The van der Waals surface area contributed by atoms with Crippen LogP contribution in [0.4, 0.5) is 0 Å². The van der Waals surface area contributed by atoms with Crippen molar-refractivity contribution in [2.45, 2.75) is 18.4 Å². The average Bonchev–Trinajstić information content (AvgIpc) is 3.60. The third-order valence-corrected chi connectivity index (χ3v) is 6.74. The molecule has 1 aromatic carbocycles. The van der Waals surface area contributed by atoms with E-state index in [0.717, 1.165) is 11.3 Å². The van der Waals surface area contributed by atoms with Gasteiger partial charge in [0.05, 0.1) is 24.9 Å². The number of nitrogens with zero attached hydrogens (tertiary/aromatic N) is 4. The summed E-state index contributed by atoms with van der Waals surface area (Å²) < 4.78 is 13.0. The molecule has 2 aliphatic rings. The molecule has 10 heteroatoms. The van der Waals surface area contributed by atoms with Crippen molar-refractivity contribution in [2.24, 2.45) is 7.05 Å². The lowest BCUT2D eigenvalue weighted by molar-refractivity contribution is -0.127. The number of ether oxygens (including phenoxy) is 1. The molecule has 10 nitrogen and oxygen atoms in total. The molecule has 3 aromatic heterocycles. The summed E-state index contributed by atoms with van der Waals surface area (Å²) in [5, 5.41) is 6.57. The molecule has 4 aromatic rings. The van der Waals surface area contributed by atoms with Crippen molar-refractivity contribution in [2.75, 3.05) is 13.7 Å². The van der Waals surface area contributed by atoms with Crippen LogP contribution in [0.3, 0.4) is 0 Å². The lowest BCUT2D eigenvalue weighted by atomic mass is 9.82. The first-order valence-electron chi connectivity index (χ1n) is 11.1. The van der Waals surface area contributed by atoms with Crippen molar-refractivity contribution >= 4 is 28.8 Å². The van der Waals surface area contributed by atoms with Crippen LogP contribution in [-0.2, 0) is 28.6 Å². The highest BCUT2D eigenvalue weighted by Gasteiger charge is 2.53. The van der Waals surface area contributed by atoms with E-state index < -0.39 is 17.2 Å². The van der Waals surface area contributed by atoms with Gasteiger partial charge in [0.1, 0.15) is 22.4 Å². The van der Waals surface area contributed by atoms with Crippen LogP contribution in [0.2, 0.25) is 0 Å². The first-order valence-corrected chi connectivity index (χ1v) is 11.1. The number of carbonyl (C=O) groups is 3. The summed E-state index contributed by atoms with van der Waals surface area (Å²) in [7, 11) is 3.36. The molecule has 3 amide bonds. The number of amides is 3. The van der Waals surface area contributed by atoms with E-state index in [4.69, 9.17) is 9.15 Å². The summed E-state index contributed by atoms with van der Waals surface area (Å²) in [6, 6.07) is 12.4. The van der Waals surface area contributed by atoms with Crippen LogP contribution in [-0.4, -0.2) is 51.0 Å². The molecule has 2 aliphatic heterocycles. The second-order valence-corrected chi connectivity index (χ2v) is 8.85. The van der Waals surface area contributed by atoms with E-state index in [-0.39, 0.29) is 18.9 Å². The SMILES string of the molecule is COc1ccc2c(c1)C(=O)N(C[C@@]1(c3cc4nc(-c5ccnn5C)ccc4o3)CC(=O)NC1=O)C2. The number of hydrogen-bond donors (Lipinski definition) is 1. The minimum absolute atomic E-state index is 0.00515. The van der Waals surface area contributed by atoms with E-state index >= 15 is 0 Å². The summed E-state index contributed by atoms with van der Waals surface area (Å²) >= 11 is 0. The molecule has 0 aliphatic carbocycles. The molecule has 1 N–H and O–H groups in total. The Morgan fingerprint density at radius 2 is 2.00 bits per heavy atom. The summed E-state index contributed by atoms with van der Waals surface area (Å²) in [4.78, 5) is 45.0.